The first kappa shape index (κ1) is 19.5. The van der Waals surface area contributed by atoms with Crippen molar-refractivity contribution in [3.8, 4) is 0 Å². The molecule has 1 unspecified atom stereocenters. The van der Waals surface area contributed by atoms with Gasteiger partial charge in [0.2, 0.25) is 0 Å². The summed E-state index contributed by atoms with van der Waals surface area (Å²) in [6.07, 6.45) is 2.70. The number of carbonyl (C=O) groups excluding carboxylic acids is 1. The van der Waals surface area contributed by atoms with Crippen LogP contribution in [0, 0.1) is 0 Å². The number of carbonyl (C=O) groups is 1. The van der Waals surface area contributed by atoms with E-state index in [9.17, 15) is 4.79 Å². The first-order valence-electron chi connectivity index (χ1n) is 8.53. The second-order valence-corrected chi connectivity index (χ2v) is 7.38. The molecule has 0 fully saturated rings. The standard InChI is InChI=1S/C20H20Cl2N2O3/c1-10(2)27-20(25)17-12(4)24-11(3)16(15-8-23-9-26-15)18(17)13-6-5-7-14(21)19(13)22/h5-10,18,24H,1-4H3. The molecule has 5 nitrogen and oxygen atoms in total. The van der Waals surface area contributed by atoms with Crippen LogP contribution in [0.2, 0.25) is 10.0 Å². The van der Waals surface area contributed by atoms with Crippen molar-refractivity contribution in [3.63, 3.8) is 0 Å². The topological polar surface area (TPSA) is 64.4 Å². The third kappa shape index (κ3) is 3.75. The maximum absolute atomic E-state index is 13.0. The fourth-order valence-corrected chi connectivity index (χ4v) is 3.69. The lowest BCUT2D eigenvalue weighted by molar-refractivity contribution is -0.142. The molecule has 3 rings (SSSR count). The van der Waals surface area contributed by atoms with Crippen LogP contribution >= 0.6 is 23.2 Å². The van der Waals surface area contributed by atoms with Crippen molar-refractivity contribution in [1.82, 2.24) is 10.3 Å². The van der Waals surface area contributed by atoms with Crippen molar-refractivity contribution in [3.05, 3.63) is 69.1 Å². The van der Waals surface area contributed by atoms with Gasteiger partial charge in [0.15, 0.2) is 12.2 Å². The van der Waals surface area contributed by atoms with E-state index in [0.717, 1.165) is 11.3 Å². The summed E-state index contributed by atoms with van der Waals surface area (Å²) < 4.78 is 11.1. The number of nitrogens with zero attached hydrogens (tertiary/aromatic N) is 1. The average Bonchev–Trinajstić information content (AvgIpc) is 3.10. The molecule has 0 aliphatic carbocycles. The molecule has 1 atom stereocenters. The third-order valence-electron chi connectivity index (χ3n) is 4.31. The normalized spacial score (nSPS) is 17.4. The lowest BCUT2D eigenvalue weighted by Crippen LogP contribution is -2.29. The van der Waals surface area contributed by atoms with Gasteiger partial charge < -0.3 is 14.5 Å². The summed E-state index contributed by atoms with van der Waals surface area (Å²) >= 11 is 12.8. The number of hydrogen-bond acceptors (Lipinski definition) is 5. The smallest absolute Gasteiger partial charge is 0.337 e. The minimum atomic E-state index is -0.503. The van der Waals surface area contributed by atoms with E-state index in [1.807, 2.05) is 33.8 Å². The van der Waals surface area contributed by atoms with Crippen molar-refractivity contribution in [2.45, 2.75) is 39.7 Å². The van der Waals surface area contributed by atoms with E-state index in [0.29, 0.717) is 32.6 Å². The number of esters is 1. The Kier molecular flexibility index (Phi) is 5.63. The molecule has 1 aliphatic heterocycles. The first-order valence-corrected chi connectivity index (χ1v) is 9.29. The van der Waals surface area contributed by atoms with Crippen molar-refractivity contribution < 1.29 is 13.9 Å². The first-order chi connectivity index (χ1) is 12.8. The summed E-state index contributed by atoms with van der Waals surface area (Å²) in [7, 11) is 0. The highest BCUT2D eigenvalue weighted by molar-refractivity contribution is 6.42. The van der Waals surface area contributed by atoms with Crippen LogP contribution < -0.4 is 5.32 Å². The summed E-state index contributed by atoms with van der Waals surface area (Å²) in [6.45, 7) is 7.37. The predicted molar refractivity (Wildman–Crippen MR) is 105 cm³/mol. The lowest BCUT2D eigenvalue weighted by Gasteiger charge is -2.31. The van der Waals surface area contributed by atoms with Crippen LogP contribution in [0.5, 0.6) is 0 Å². The van der Waals surface area contributed by atoms with E-state index in [1.54, 1.807) is 18.3 Å². The maximum atomic E-state index is 13.0. The van der Waals surface area contributed by atoms with Crippen molar-refractivity contribution in [1.29, 1.82) is 0 Å². The van der Waals surface area contributed by atoms with Crippen LogP contribution in [0.15, 0.2) is 52.2 Å². The van der Waals surface area contributed by atoms with Crippen molar-refractivity contribution in [2.75, 3.05) is 0 Å². The largest absolute Gasteiger partial charge is 0.460 e. The van der Waals surface area contributed by atoms with Gasteiger partial charge in [-0.05, 0) is 39.3 Å². The molecule has 0 bridgehead atoms. The number of hydrogen-bond donors (Lipinski definition) is 1. The van der Waals surface area contributed by atoms with Crippen LogP contribution in [0.25, 0.3) is 5.57 Å². The van der Waals surface area contributed by atoms with Crippen LogP contribution in [0.4, 0.5) is 0 Å². The highest BCUT2D eigenvalue weighted by Gasteiger charge is 2.37. The minimum Gasteiger partial charge on any atom is -0.460 e. The zero-order chi connectivity index (χ0) is 19.7. The molecular weight excluding hydrogens is 387 g/mol. The Balaban J connectivity index is 2.24. The number of dihydropyridines is 1. The van der Waals surface area contributed by atoms with E-state index in [4.69, 9.17) is 32.4 Å². The Labute approximate surface area is 168 Å². The molecule has 1 aromatic carbocycles. The third-order valence-corrected chi connectivity index (χ3v) is 5.15. The number of ether oxygens (including phenoxy) is 1. The van der Waals surface area contributed by atoms with Gasteiger partial charge in [-0.1, -0.05) is 35.3 Å². The molecule has 0 amide bonds. The predicted octanol–water partition coefficient (Wildman–Crippen LogP) is 5.33. The van der Waals surface area contributed by atoms with Gasteiger partial charge in [-0.25, -0.2) is 9.78 Å². The molecule has 0 saturated carbocycles. The van der Waals surface area contributed by atoms with E-state index in [-0.39, 0.29) is 6.10 Å². The fraction of sp³-hybridized carbons (Fsp3) is 0.300. The Hall–Kier alpha value is -2.24. The Morgan fingerprint density at radius 2 is 2.00 bits per heavy atom. The summed E-state index contributed by atoms with van der Waals surface area (Å²) in [5.74, 6) is -0.374. The highest BCUT2D eigenvalue weighted by Crippen LogP contribution is 2.46. The zero-order valence-corrected chi connectivity index (χ0v) is 17.0. The second-order valence-electron chi connectivity index (χ2n) is 6.60. The molecule has 7 heteroatoms. The number of rotatable bonds is 4. The number of benzene rings is 1. The summed E-state index contributed by atoms with van der Waals surface area (Å²) in [4.78, 5) is 17.0. The number of oxazole rings is 1. The second kappa shape index (κ2) is 7.79. The number of nitrogens with one attached hydrogen (secondary N) is 1. The Morgan fingerprint density at radius 3 is 2.63 bits per heavy atom. The number of allylic oxidation sites excluding steroid dienone is 3. The number of halogens is 2. The fourth-order valence-electron chi connectivity index (χ4n) is 3.27. The summed E-state index contributed by atoms with van der Waals surface area (Å²) in [6, 6.07) is 5.37. The molecule has 142 valence electrons. The summed E-state index contributed by atoms with van der Waals surface area (Å²) in [5.41, 5.74) is 3.46. The highest BCUT2D eigenvalue weighted by atomic mass is 35.5. The van der Waals surface area contributed by atoms with Crippen LogP contribution in [0.1, 0.15) is 44.9 Å². The summed E-state index contributed by atoms with van der Waals surface area (Å²) in [5, 5.41) is 4.05. The van der Waals surface area contributed by atoms with Crippen molar-refractivity contribution >= 4 is 34.7 Å². The number of aromatic nitrogens is 1. The molecule has 2 aromatic rings. The van der Waals surface area contributed by atoms with Crippen LogP contribution in [-0.2, 0) is 9.53 Å². The monoisotopic (exact) mass is 406 g/mol. The minimum absolute atomic E-state index is 0.256. The van der Waals surface area contributed by atoms with E-state index >= 15 is 0 Å². The zero-order valence-electron chi connectivity index (χ0n) is 15.5. The molecular formula is C20H20Cl2N2O3. The van der Waals surface area contributed by atoms with E-state index in [2.05, 4.69) is 10.3 Å². The molecule has 27 heavy (non-hydrogen) atoms. The van der Waals surface area contributed by atoms with E-state index < -0.39 is 11.9 Å². The van der Waals surface area contributed by atoms with Crippen LogP contribution in [0.3, 0.4) is 0 Å². The molecule has 0 radical (unpaired) electrons. The Morgan fingerprint density at radius 1 is 1.26 bits per heavy atom. The van der Waals surface area contributed by atoms with Crippen LogP contribution in [-0.4, -0.2) is 17.1 Å². The van der Waals surface area contributed by atoms with E-state index in [1.165, 1.54) is 6.39 Å². The SMILES string of the molecule is CC1=C(C(=O)OC(C)C)C(c2cccc(Cl)c2Cl)C(c2cnco2)=C(C)N1. The van der Waals surface area contributed by atoms with Gasteiger partial charge >= 0.3 is 5.97 Å². The lowest BCUT2D eigenvalue weighted by atomic mass is 9.79. The molecule has 1 aliphatic rings. The van der Waals surface area contributed by atoms with Gasteiger partial charge in [0, 0.05) is 22.9 Å². The van der Waals surface area contributed by atoms with Gasteiger partial charge in [0.25, 0.3) is 0 Å². The van der Waals surface area contributed by atoms with Gasteiger partial charge in [-0.2, -0.15) is 0 Å². The van der Waals surface area contributed by atoms with Gasteiger partial charge in [0.1, 0.15) is 0 Å². The van der Waals surface area contributed by atoms with Gasteiger partial charge in [0.05, 0.1) is 27.9 Å². The molecule has 0 saturated heterocycles. The molecule has 1 N–H and O–H groups in total. The molecule has 2 heterocycles. The van der Waals surface area contributed by atoms with Crippen molar-refractivity contribution in [2.24, 2.45) is 0 Å². The van der Waals surface area contributed by atoms with Gasteiger partial charge in [-0.15, -0.1) is 0 Å². The molecule has 1 aromatic heterocycles. The van der Waals surface area contributed by atoms with Gasteiger partial charge in [-0.3, -0.25) is 0 Å². The average molecular weight is 407 g/mol. The maximum Gasteiger partial charge on any atom is 0.337 e. The molecule has 0 spiro atoms. The quantitative estimate of drug-likeness (QED) is 0.695. The Bertz CT molecular complexity index is 931.